The van der Waals surface area contributed by atoms with E-state index < -0.39 is 16.4 Å². The molecule has 1 heterocycles. The quantitative estimate of drug-likeness (QED) is 0.498. The summed E-state index contributed by atoms with van der Waals surface area (Å²) in [5.41, 5.74) is -0.454. The highest BCUT2D eigenvalue weighted by atomic mass is 79.9. The topological polar surface area (TPSA) is 102 Å². The van der Waals surface area contributed by atoms with Crippen molar-refractivity contribution in [2.24, 2.45) is 0 Å². The van der Waals surface area contributed by atoms with Crippen molar-refractivity contribution < 1.29 is 19.2 Å². The van der Waals surface area contributed by atoms with E-state index in [2.05, 4.69) is 21.2 Å². The molecule has 0 radical (unpaired) electrons. The molecule has 0 aromatic heterocycles. The van der Waals surface area contributed by atoms with Crippen molar-refractivity contribution in [1.29, 1.82) is 0 Å². The number of benzene rings is 2. The van der Waals surface area contributed by atoms with Gasteiger partial charge in [0.2, 0.25) is 5.91 Å². The first-order valence-corrected chi connectivity index (χ1v) is 9.80. The van der Waals surface area contributed by atoms with Gasteiger partial charge in [0.25, 0.3) is 11.6 Å². The molecular weight excluding hydrogens is 466 g/mol. The lowest BCUT2D eigenvalue weighted by Gasteiger charge is -2.38. The normalized spacial score (nSPS) is 14.8. The molecule has 0 aliphatic carbocycles. The van der Waals surface area contributed by atoms with Gasteiger partial charge in [-0.3, -0.25) is 19.7 Å². The van der Waals surface area contributed by atoms with E-state index in [1.165, 1.54) is 23.1 Å². The summed E-state index contributed by atoms with van der Waals surface area (Å²) in [6.45, 7) is 3.40. The van der Waals surface area contributed by atoms with Crippen LogP contribution in [-0.4, -0.2) is 28.9 Å². The molecule has 0 saturated carbocycles. The molecule has 2 amide bonds. The molecular formula is C19H17BrClN3O5. The van der Waals surface area contributed by atoms with Crippen LogP contribution in [0.25, 0.3) is 0 Å². The number of nitro benzene ring substituents is 1. The Morgan fingerprint density at radius 2 is 2.03 bits per heavy atom. The number of carbonyl (C=O) groups excluding carboxylic acids is 2. The second kappa shape index (κ2) is 8.00. The minimum atomic E-state index is -1.08. The number of fused-ring (bicyclic) bond motifs is 1. The second-order valence-electron chi connectivity index (χ2n) is 6.90. The Labute approximate surface area is 180 Å². The molecule has 1 aliphatic rings. The third-order valence-corrected chi connectivity index (χ3v) is 5.26. The van der Waals surface area contributed by atoms with Crippen molar-refractivity contribution in [3.05, 3.63) is 56.0 Å². The predicted octanol–water partition coefficient (Wildman–Crippen LogP) is 4.54. The first-order chi connectivity index (χ1) is 13.6. The lowest BCUT2D eigenvalue weighted by Crippen LogP contribution is -2.53. The van der Waals surface area contributed by atoms with Crippen LogP contribution in [0.15, 0.2) is 40.9 Å². The molecule has 152 valence electrons. The van der Waals surface area contributed by atoms with Gasteiger partial charge in [-0.1, -0.05) is 11.6 Å². The van der Waals surface area contributed by atoms with Gasteiger partial charge >= 0.3 is 0 Å². The third kappa shape index (κ3) is 4.51. The van der Waals surface area contributed by atoms with E-state index >= 15 is 0 Å². The standard InChI is InChI=1S/C19H17BrClN3O5/c1-19(2)18(26)23(15-9-11(21)3-6-16(15)29-19)8-7-17(25)22-14-10-12(24(27)28)4-5-13(14)20/h3-6,9-10H,7-8H2,1-2H3,(H,22,25). The van der Waals surface area contributed by atoms with E-state index in [0.717, 1.165) is 0 Å². The summed E-state index contributed by atoms with van der Waals surface area (Å²) in [4.78, 5) is 37.1. The van der Waals surface area contributed by atoms with Crippen LogP contribution in [0.1, 0.15) is 20.3 Å². The van der Waals surface area contributed by atoms with Crippen LogP contribution in [0.4, 0.5) is 17.1 Å². The van der Waals surface area contributed by atoms with E-state index in [1.54, 1.807) is 32.0 Å². The molecule has 8 nitrogen and oxygen atoms in total. The number of non-ortho nitro benzene ring substituents is 1. The summed E-state index contributed by atoms with van der Waals surface area (Å²) in [5, 5.41) is 14.0. The highest BCUT2D eigenvalue weighted by Crippen LogP contribution is 2.39. The van der Waals surface area contributed by atoms with E-state index in [9.17, 15) is 19.7 Å². The van der Waals surface area contributed by atoms with Crippen LogP contribution in [0, 0.1) is 10.1 Å². The summed E-state index contributed by atoms with van der Waals surface area (Å²) < 4.78 is 6.26. The van der Waals surface area contributed by atoms with Crippen LogP contribution >= 0.6 is 27.5 Å². The molecule has 1 N–H and O–H groups in total. The molecule has 0 saturated heterocycles. The van der Waals surface area contributed by atoms with Gasteiger partial charge in [0, 0.05) is 34.6 Å². The van der Waals surface area contributed by atoms with Gasteiger partial charge in [-0.2, -0.15) is 0 Å². The first kappa shape index (κ1) is 21.1. The summed E-state index contributed by atoms with van der Waals surface area (Å²) in [5.74, 6) is -0.190. The maximum absolute atomic E-state index is 12.8. The van der Waals surface area contributed by atoms with Gasteiger partial charge in [0.15, 0.2) is 5.60 Å². The third-order valence-electron chi connectivity index (χ3n) is 4.33. The van der Waals surface area contributed by atoms with Gasteiger partial charge in [0.1, 0.15) is 5.75 Å². The van der Waals surface area contributed by atoms with Gasteiger partial charge < -0.3 is 15.0 Å². The minimum Gasteiger partial charge on any atom is -0.476 e. The predicted molar refractivity (Wildman–Crippen MR) is 113 cm³/mol. The van der Waals surface area contributed by atoms with Crippen LogP contribution in [-0.2, 0) is 9.59 Å². The van der Waals surface area contributed by atoms with E-state index in [-0.39, 0.29) is 30.2 Å². The maximum atomic E-state index is 12.8. The Hall–Kier alpha value is -2.65. The smallest absolute Gasteiger partial charge is 0.271 e. The zero-order chi connectivity index (χ0) is 21.3. The number of hydrogen-bond donors (Lipinski definition) is 1. The second-order valence-corrected chi connectivity index (χ2v) is 8.19. The molecule has 0 spiro atoms. The molecule has 0 unspecified atom stereocenters. The number of nitrogens with one attached hydrogen (secondary N) is 1. The number of halogens is 2. The number of hydrogen-bond acceptors (Lipinski definition) is 5. The molecule has 0 fully saturated rings. The summed E-state index contributed by atoms with van der Waals surface area (Å²) in [6, 6.07) is 9.03. The highest BCUT2D eigenvalue weighted by Gasteiger charge is 2.40. The number of rotatable bonds is 5. The summed E-state index contributed by atoms with van der Waals surface area (Å²) in [6.07, 6.45) is -0.0249. The number of amides is 2. The molecule has 10 heteroatoms. The average Bonchev–Trinajstić information content (AvgIpc) is 2.64. The highest BCUT2D eigenvalue weighted by molar-refractivity contribution is 9.10. The fourth-order valence-electron chi connectivity index (χ4n) is 2.91. The van der Waals surface area contributed by atoms with Crippen LogP contribution in [0.5, 0.6) is 5.75 Å². The van der Waals surface area contributed by atoms with Crippen LogP contribution in [0.2, 0.25) is 5.02 Å². The average molecular weight is 483 g/mol. The zero-order valence-corrected chi connectivity index (χ0v) is 17.9. The molecule has 0 atom stereocenters. The molecule has 0 bridgehead atoms. The molecule has 1 aliphatic heterocycles. The van der Waals surface area contributed by atoms with Crippen molar-refractivity contribution in [1.82, 2.24) is 0 Å². The fraction of sp³-hybridized carbons (Fsp3) is 0.263. The lowest BCUT2D eigenvalue weighted by atomic mass is 10.0. The van der Waals surface area contributed by atoms with Crippen LogP contribution in [0.3, 0.4) is 0 Å². The van der Waals surface area contributed by atoms with Crippen molar-refractivity contribution in [3.63, 3.8) is 0 Å². The lowest BCUT2D eigenvalue weighted by molar-refractivity contribution is -0.384. The Morgan fingerprint density at radius 1 is 1.31 bits per heavy atom. The Morgan fingerprint density at radius 3 is 2.72 bits per heavy atom. The zero-order valence-electron chi connectivity index (χ0n) is 15.6. The Bertz CT molecular complexity index is 1010. The molecule has 2 aromatic rings. The summed E-state index contributed by atoms with van der Waals surface area (Å²) >= 11 is 9.31. The van der Waals surface area contributed by atoms with E-state index in [1.807, 2.05) is 0 Å². The first-order valence-electron chi connectivity index (χ1n) is 8.63. The summed E-state index contributed by atoms with van der Waals surface area (Å²) in [7, 11) is 0. The largest absolute Gasteiger partial charge is 0.476 e. The number of anilines is 2. The fourth-order valence-corrected chi connectivity index (χ4v) is 3.42. The van der Waals surface area contributed by atoms with Gasteiger partial charge in [-0.15, -0.1) is 0 Å². The minimum absolute atomic E-state index is 0.0249. The van der Waals surface area contributed by atoms with E-state index in [0.29, 0.717) is 20.9 Å². The van der Waals surface area contributed by atoms with Crippen LogP contribution < -0.4 is 15.0 Å². The monoisotopic (exact) mass is 481 g/mol. The molecule has 3 rings (SSSR count). The number of ether oxygens (including phenoxy) is 1. The SMILES string of the molecule is CC1(C)Oc2ccc(Cl)cc2N(CCC(=O)Nc2cc([N+](=O)[O-])ccc2Br)C1=O. The van der Waals surface area contributed by atoms with E-state index in [4.69, 9.17) is 16.3 Å². The van der Waals surface area contributed by atoms with Gasteiger partial charge in [-0.25, -0.2) is 0 Å². The van der Waals surface area contributed by atoms with Crippen molar-refractivity contribution in [2.45, 2.75) is 25.9 Å². The Kier molecular flexibility index (Phi) is 5.81. The number of nitro groups is 1. The maximum Gasteiger partial charge on any atom is 0.271 e. The molecule has 29 heavy (non-hydrogen) atoms. The number of nitrogens with zero attached hydrogens (tertiary/aromatic N) is 2. The molecule has 2 aromatic carbocycles. The van der Waals surface area contributed by atoms with Crippen molar-refractivity contribution in [3.8, 4) is 5.75 Å². The van der Waals surface area contributed by atoms with Crippen molar-refractivity contribution in [2.75, 3.05) is 16.8 Å². The number of carbonyl (C=O) groups is 2. The van der Waals surface area contributed by atoms with Crippen molar-refractivity contribution >= 4 is 56.4 Å². The van der Waals surface area contributed by atoms with Gasteiger partial charge in [0.05, 0.1) is 16.3 Å². The van der Waals surface area contributed by atoms with Gasteiger partial charge in [-0.05, 0) is 54.0 Å². The Balaban J connectivity index is 1.76.